The Balaban J connectivity index is 0.00000208. The van der Waals surface area contributed by atoms with E-state index in [1.54, 1.807) is 14.2 Å². The summed E-state index contributed by atoms with van der Waals surface area (Å²) in [6.45, 7) is 4.05. The minimum absolute atomic E-state index is 0. The van der Waals surface area contributed by atoms with Crippen LogP contribution in [0.2, 0.25) is 0 Å². The Kier molecular flexibility index (Phi) is 5.99. The number of hydrogen-bond donors (Lipinski definition) is 2. The first-order chi connectivity index (χ1) is 11.1. The first-order valence-electron chi connectivity index (χ1n) is 8.32. The van der Waals surface area contributed by atoms with Gasteiger partial charge in [-0.2, -0.15) is 0 Å². The van der Waals surface area contributed by atoms with E-state index in [1.165, 1.54) is 0 Å². The molecule has 134 valence electrons. The van der Waals surface area contributed by atoms with Crippen molar-refractivity contribution in [1.29, 1.82) is 0 Å². The van der Waals surface area contributed by atoms with E-state index in [-0.39, 0.29) is 35.7 Å². The number of halogens is 1. The van der Waals surface area contributed by atoms with E-state index >= 15 is 0 Å². The van der Waals surface area contributed by atoms with Gasteiger partial charge in [0.25, 0.3) is 0 Å². The number of rotatable bonds is 5. The maximum Gasteiger partial charge on any atom is 0.224 e. The van der Waals surface area contributed by atoms with E-state index < -0.39 is 0 Å². The van der Waals surface area contributed by atoms with Crippen LogP contribution in [0, 0.1) is 11.3 Å². The summed E-state index contributed by atoms with van der Waals surface area (Å²) in [6.07, 6.45) is 3.26. The van der Waals surface area contributed by atoms with Gasteiger partial charge in [0, 0.05) is 11.5 Å². The quantitative estimate of drug-likeness (QED) is 0.853. The highest BCUT2D eigenvalue weighted by Gasteiger charge is 2.57. The number of amides is 1. The van der Waals surface area contributed by atoms with Crippen LogP contribution in [0.3, 0.4) is 0 Å². The molecule has 1 heterocycles. The molecule has 2 unspecified atom stereocenters. The van der Waals surface area contributed by atoms with Crippen LogP contribution in [0.15, 0.2) is 18.2 Å². The third-order valence-corrected chi connectivity index (χ3v) is 5.37. The van der Waals surface area contributed by atoms with E-state index in [4.69, 9.17) is 9.47 Å². The van der Waals surface area contributed by atoms with E-state index in [2.05, 4.69) is 10.6 Å². The molecule has 3 rings (SSSR count). The number of hydrogen-bond acceptors (Lipinski definition) is 4. The van der Waals surface area contributed by atoms with Crippen molar-refractivity contribution < 1.29 is 14.3 Å². The van der Waals surface area contributed by atoms with Crippen LogP contribution in [-0.2, 0) is 4.79 Å². The molecule has 1 aliphatic carbocycles. The highest BCUT2D eigenvalue weighted by atomic mass is 35.5. The predicted molar refractivity (Wildman–Crippen MR) is 96.0 cm³/mol. The first kappa shape index (κ1) is 18.9. The Morgan fingerprint density at radius 2 is 2.00 bits per heavy atom. The maximum absolute atomic E-state index is 12.6. The van der Waals surface area contributed by atoms with Crippen molar-refractivity contribution in [2.45, 2.75) is 32.2 Å². The lowest BCUT2D eigenvalue weighted by Crippen LogP contribution is -2.34. The SMILES string of the molecule is COc1ccc(OC)c(C(C)NC(=O)C2CC23CCNCC3)c1.Cl. The number of piperidine rings is 1. The largest absolute Gasteiger partial charge is 0.497 e. The van der Waals surface area contributed by atoms with Crippen LogP contribution in [0.25, 0.3) is 0 Å². The maximum atomic E-state index is 12.6. The first-order valence-corrected chi connectivity index (χ1v) is 8.32. The van der Waals surface area contributed by atoms with Gasteiger partial charge in [0.05, 0.1) is 20.3 Å². The normalized spacial score (nSPS) is 22.2. The molecule has 1 saturated heterocycles. The third-order valence-electron chi connectivity index (χ3n) is 5.37. The van der Waals surface area contributed by atoms with Crippen molar-refractivity contribution in [3.05, 3.63) is 23.8 Å². The van der Waals surface area contributed by atoms with Gasteiger partial charge in [0.1, 0.15) is 11.5 Å². The van der Waals surface area contributed by atoms with Crippen molar-refractivity contribution in [3.8, 4) is 11.5 Å². The molecule has 1 amide bonds. The van der Waals surface area contributed by atoms with Crippen molar-refractivity contribution >= 4 is 18.3 Å². The molecule has 1 spiro atoms. The highest BCUT2D eigenvalue weighted by Crippen LogP contribution is 2.58. The summed E-state index contributed by atoms with van der Waals surface area (Å²) >= 11 is 0. The van der Waals surface area contributed by atoms with Gasteiger partial charge in [-0.05, 0) is 62.9 Å². The molecule has 1 aromatic carbocycles. The molecule has 2 aliphatic rings. The van der Waals surface area contributed by atoms with Gasteiger partial charge in [-0.25, -0.2) is 0 Å². The molecule has 0 aromatic heterocycles. The fourth-order valence-electron chi connectivity index (χ4n) is 3.77. The Morgan fingerprint density at radius 1 is 1.29 bits per heavy atom. The number of carbonyl (C=O) groups excluding carboxylic acids is 1. The van der Waals surface area contributed by atoms with Gasteiger partial charge < -0.3 is 20.1 Å². The van der Waals surface area contributed by atoms with Gasteiger partial charge in [-0.15, -0.1) is 12.4 Å². The molecule has 2 N–H and O–H groups in total. The van der Waals surface area contributed by atoms with Crippen molar-refractivity contribution in [3.63, 3.8) is 0 Å². The fraction of sp³-hybridized carbons (Fsp3) is 0.611. The Bertz CT molecular complexity index is 588. The van der Waals surface area contributed by atoms with E-state index in [0.29, 0.717) is 0 Å². The molecule has 5 nitrogen and oxygen atoms in total. The monoisotopic (exact) mass is 354 g/mol. The smallest absolute Gasteiger partial charge is 0.224 e. The molecular weight excluding hydrogens is 328 g/mol. The summed E-state index contributed by atoms with van der Waals surface area (Å²) in [5, 5.41) is 6.53. The van der Waals surface area contributed by atoms with Gasteiger partial charge in [-0.1, -0.05) is 0 Å². The lowest BCUT2D eigenvalue weighted by molar-refractivity contribution is -0.123. The molecule has 1 saturated carbocycles. The Hall–Kier alpha value is -1.46. The average molecular weight is 355 g/mol. The van der Waals surface area contributed by atoms with Crippen LogP contribution in [0.4, 0.5) is 0 Å². The summed E-state index contributed by atoms with van der Waals surface area (Å²) in [5.74, 6) is 1.88. The lowest BCUT2D eigenvalue weighted by atomic mass is 9.91. The van der Waals surface area contributed by atoms with Gasteiger partial charge in [0.2, 0.25) is 5.91 Å². The van der Waals surface area contributed by atoms with Crippen LogP contribution < -0.4 is 20.1 Å². The van der Waals surface area contributed by atoms with Crippen molar-refractivity contribution in [1.82, 2.24) is 10.6 Å². The zero-order chi connectivity index (χ0) is 16.4. The number of methoxy groups -OCH3 is 2. The van der Waals surface area contributed by atoms with Crippen molar-refractivity contribution in [2.75, 3.05) is 27.3 Å². The van der Waals surface area contributed by atoms with Gasteiger partial charge in [-0.3, -0.25) is 4.79 Å². The second kappa shape index (κ2) is 7.62. The van der Waals surface area contributed by atoms with E-state index in [1.807, 2.05) is 25.1 Å². The number of ether oxygens (including phenoxy) is 2. The topological polar surface area (TPSA) is 59.6 Å². The molecule has 2 fully saturated rings. The number of benzene rings is 1. The molecule has 6 heteroatoms. The number of carbonyl (C=O) groups is 1. The van der Waals surface area contributed by atoms with Gasteiger partial charge >= 0.3 is 0 Å². The predicted octanol–water partition coefficient (Wildman–Crippen LogP) is 2.69. The highest BCUT2D eigenvalue weighted by molar-refractivity contribution is 5.85. The second-order valence-electron chi connectivity index (χ2n) is 6.71. The lowest BCUT2D eigenvalue weighted by Gasteiger charge is -2.24. The van der Waals surface area contributed by atoms with Crippen LogP contribution in [0.1, 0.15) is 37.8 Å². The van der Waals surface area contributed by atoms with Crippen LogP contribution in [-0.4, -0.2) is 33.2 Å². The van der Waals surface area contributed by atoms with Crippen molar-refractivity contribution in [2.24, 2.45) is 11.3 Å². The zero-order valence-electron chi connectivity index (χ0n) is 14.6. The molecular formula is C18H27ClN2O3. The zero-order valence-corrected chi connectivity index (χ0v) is 15.4. The standard InChI is InChI=1S/C18H26N2O3.ClH/c1-12(14-10-13(22-2)4-5-16(14)23-3)20-17(21)15-11-18(15)6-8-19-9-7-18;/h4-5,10,12,15,19H,6-9,11H2,1-3H3,(H,20,21);1H. The molecule has 0 radical (unpaired) electrons. The van der Waals surface area contributed by atoms with Crippen LogP contribution in [0.5, 0.6) is 11.5 Å². The third kappa shape index (κ3) is 3.62. The summed E-state index contributed by atoms with van der Waals surface area (Å²) in [7, 11) is 3.28. The fourth-order valence-corrected chi connectivity index (χ4v) is 3.77. The Labute approximate surface area is 149 Å². The minimum atomic E-state index is -0.105. The van der Waals surface area contributed by atoms with Crippen LogP contribution >= 0.6 is 12.4 Å². The molecule has 1 aromatic rings. The summed E-state index contributed by atoms with van der Waals surface area (Å²) in [4.78, 5) is 12.6. The molecule has 0 bridgehead atoms. The Morgan fingerprint density at radius 3 is 2.62 bits per heavy atom. The summed E-state index contributed by atoms with van der Waals surface area (Å²) in [5.41, 5.74) is 1.20. The second-order valence-corrected chi connectivity index (χ2v) is 6.71. The number of nitrogens with one attached hydrogen (secondary N) is 2. The minimum Gasteiger partial charge on any atom is -0.497 e. The summed E-state index contributed by atoms with van der Waals surface area (Å²) < 4.78 is 10.7. The molecule has 24 heavy (non-hydrogen) atoms. The van der Waals surface area contributed by atoms with E-state index in [9.17, 15) is 4.79 Å². The van der Waals surface area contributed by atoms with E-state index in [0.717, 1.165) is 49.4 Å². The molecule has 1 aliphatic heterocycles. The average Bonchev–Trinajstić information content (AvgIpc) is 3.27. The molecule has 2 atom stereocenters. The summed E-state index contributed by atoms with van der Waals surface area (Å²) in [6, 6.07) is 5.56. The van der Waals surface area contributed by atoms with Gasteiger partial charge in [0.15, 0.2) is 0 Å².